The standard InChI is InChI=1S/C35H41NO11/c1-13-9-8-10-14(2)34(45)36-21-12-22(37)23-24(30(42)17(5)31(43)25(23)32(21)44)27(39)15(3)11-20-29(41)19(7)33(47-35(20)46)18(6)28(40)16(4)26(13)38/h8-13,16,18-20,26,28-29,33,38,40-43H,1-7H3,(H,36,45)/b9-8+,14-10-,15-11+/t13-,16+,18+,19+,20-,26-,28+,29+,33-/m0/s1. The number of carbonyl (C=O) groups is 5. The zero-order valence-corrected chi connectivity index (χ0v) is 27.3. The third kappa shape index (κ3) is 6.32. The van der Waals surface area contributed by atoms with Gasteiger partial charge in [0, 0.05) is 40.9 Å². The molecule has 6 N–H and O–H groups in total. The zero-order valence-electron chi connectivity index (χ0n) is 27.3. The predicted octanol–water partition coefficient (Wildman–Crippen LogP) is 2.60. The van der Waals surface area contributed by atoms with Crippen LogP contribution < -0.4 is 5.32 Å². The van der Waals surface area contributed by atoms with Gasteiger partial charge in [0.15, 0.2) is 11.6 Å². The Kier molecular flexibility index (Phi) is 10.1. The van der Waals surface area contributed by atoms with Crippen LogP contribution in [0.2, 0.25) is 0 Å². The molecule has 0 aromatic heterocycles. The molecule has 7 rings (SSSR count). The summed E-state index contributed by atoms with van der Waals surface area (Å²) < 4.78 is 5.70. The minimum absolute atomic E-state index is 0.128. The lowest BCUT2D eigenvalue weighted by molar-refractivity contribution is -0.186. The number of ether oxygens (including phenoxy) is 1. The van der Waals surface area contributed by atoms with Gasteiger partial charge in [0.25, 0.3) is 5.91 Å². The average molecular weight is 652 g/mol. The Bertz CT molecular complexity index is 1670. The number of benzene rings is 1. The lowest BCUT2D eigenvalue weighted by Crippen LogP contribution is -2.53. The zero-order chi connectivity index (χ0) is 35.2. The van der Waals surface area contributed by atoms with Gasteiger partial charge in [-0.1, -0.05) is 52.0 Å². The number of carbonyl (C=O) groups excluding carboxylic acids is 5. The number of ketones is 3. The van der Waals surface area contributed by atoms with Crippen LogP contribution in [0.5, 0.6) is 11.5 Å². The van der Waals surface area contributed by atoms with Crippen molar-refractivity contribution in [2.75, 3.05) is 0 Å². The van der Waals surface area contributed by atoms with Crippen LogP contribution >= 0.6 is 0 Å². The van der Waals surface area contributed by atoms with Crippen molar-refractivity contribution in [2.45, 2.75) is 72.9 Å². The first kappa shape index (κ1) is 35.5. The second-order valence-corrected chi connectivity index (χ2v) is 12.9. The highest BCUT2D eigenvalue weighted by atomic mass is 16.6. The number of nitrogens with one attached hydrogen (secondary N) is 1. The Labute approximate surface area is 272 Å². The fourth-order valence-electron chi connectivity index (χ4n) is 6.45. The number of hydrogen-bond donors (Lipinski definition) is 6. The molecule has 1 saturated heterocycles. The maximum Gasteiger partial charge on any atom is 0.315 e. The number of aromatic hydroxyl groups is 2. The Morgan fingerprint density at radius 1 is 0.723 bits per heavy atom. The Morgan fingerprint density at radius 2 is 1.30 bits per heavy atom. The van der Waals surface area contributed by atoms with Crippen LogP contribution in [0.3, 0.4) is 0 Å². The van der Waals surface area contributed by atoms with Crippen LogP contribution in [-0.4, -0.2) is 79.2 Å². The largest absolute Gasteiger partial charge is 0.507 e. The molecular formula is C35H41NO11. The molecule has 1 aromatic rings. The fourth-order valence-corrected chi connectivity index (χ4v) is 6.45. The number of aliphatic hydroxyl groups is 3. The van der Waals surface area contributed by atoms with E-state index in [4.69, 9.17) is 4.74 Å². The molecule has 252 valence electrons. The molecule has 1 aromatic carbocycles. The van der Waals surface area contributed by atoms with E-state index in [1.165, 1.54) is 32.9 Å². The minimum atomic E-state index is -1.36. The molecule has 5 heterocycles. The number of aliphatic hydroxyl groups excluding tert-OH is 3. The van der Waals surface area contributed by atoms with Crippen LogP contribution in [0.25, 0.3) is 0 Å². The van der Waals surface area contributed by atoms with E-state index >= 15 is 0 Å². The molecular weight excluding hydrogens is 610 g/mol. The van der Waals surface area contributed by atoms with Crippen molar-refractivity contribution in [3.63, 3.8) is 0 Å². The summed E-state index contributed by atoms with van der Waals surface area (Å²) in [6.45, 7) is 10.6. The summed E-state index contributed by atoms with van der Waals surface area (Å²) in [4.78, 5) is 66.9. The normalized spacial score (nSPS) is 35.3. The van der Waals surface area contributed by atoms with Gasteiger partial charge in [-0.25, -0.2) is 0 Å². The van der Waals surface area contributed by atoms with Gasteiger partial charge in [0.2, 0.25) is 5.78 Å². The molecule has 6 bridgehead atoms. The first-order chi connectivity index (χ1) is 21.9. The number of Topliss-reactive ketones (excluding diaryl/α,β-unsaturated/α-hetero) is 2. The van der Waals surface area contributed by atoms with Crippen LogP contribution in [0.1, 0.15) is 78.2 Å². The minimum Gasteiger partial charge on any atom is -0.507 e. The van der Waals surface area contributed by atoms with Gasteiger partial charge in [0.1, 0.15) is 23.5 Å². The van der Waals surface area contributed by atoms with Gasteiger partial charge in [-0.3, -0.25) is 24.0 Å². The molecule has 1 amide bonds. The summed E-state index contributed by atoms with van der Waals surface area (Å²) in [7, 11) is 0. The lowest BCUT2D eigenvalue weighted by atomic mass is 9.75. The second kappa shape index (κ2) is 13.4. The number of hydrogen-bond acceptors (Lipinski definition) is 11. The van der Waals surface area contributed by atoms with Gasteiger partial charge in [-0.15, -0.1) is 0 Å². The highest BCUT2D eigenvalue weighted by molar-refractivity contribution is 6.31. The third-order valence-corrected chi connectivity index (χ3v) is 9.68. The number of amides is 1. The molecule has 12 nitrogen and oxygen atoms in total. The van der Waals surface area contributed by atoms with Crippen LogP contribution in [0.4, 0.5) is 0 Å². The van der Waals surface area contributed by atoms with E-state index in [-0.39, 0.29) is 16.7 Å². The van der Waals surface area contributed by atoms with E-state index in [0.29, 0.717) is 0 Å². The van der Waals surface area contributed by atoms with Crippen molar-refractivity contribution < 1.29 is 54.2 Å². The first-order valence-electron chi connectivity index (χ1n) is 15.4. The molecule has 0 saturated carbocycles. The Balaban J connectivity index is 1.88. The summed E-state index contributed by atoms with van der Waals surface area (Å²) in [5.74, 6) is -9.98. The van der Waals surface area contributed by atoms with Gasteiger partial charge in [0.05, 0.1) is 40.7 Å². The SMILES string of the molecule is C/C1=C/C=C/[C@H](C)[C@H](O)[C@@H](C)[C@@H](O)[C@@H](C)[C@@H]2OC(=O)[C@@H](/C=C(\C)C(=O)c3c(O)c(C)c(O)c4c3C(=O)C=C(NC1=O)C4=O)[C@H](O)[C@H]2C. The van der Waals surface area contributed by atoms with Crippen molar-refractivity contribution in [1.82, 2.24) is 5.32 Å². The third-order valence-electron chi connectivity index (χ3n) is 9.68. The summed E-state index contributed by atoms with van der Waals surface area (Å²) in [6, 6.07) is 0. The van der Waals surface area contributed by atoms with Crippen LogP contribution in [0, 0.1) is 36.5 Å². The molecule has 0 radical (unpaired) electrons. The van der Waals surface area contributed by atoms with E-state index < -0.39 is 117 Å². The van der Waals surface area contributed by atoms with E-state index in [1.807, 2.05) is 0 Å². The predicted molar refractivity (Wildman–Crippen MR) is 168 cm³/mol. The summed E-state index contributed by atoms with van der Waals surface area (Å²) in [5.41, 5.74) is -2.54. The van der Waals surface area contributed by atoms with Gasteiger partial charge in [-0.2, -0.15) is 0 Å². The van der Waals surface area contributed by atoms with Crippen LogP contribution in [-0.2, 0) is 14.3 Å². The molecule has 1 fully saturated rings. The Morgan fingerprint density at radius 3 is 1.91 bits per heavy atom. The van der Waals surface area contributed by atoms with Crippen LogP contribution in [0.15, 0.2) is 47.2 Å². The van der Waals surface area contributed by atoms with Crippen molar-refractivity contribution in [3.8, 4) is 11.5 Å². The average Bonchev–Trinajstić information content (AvgIpc) is 3.03. The van der Waals surface area contributed by atoms with E-state index in [1.54, 1.807) is 33.8 Å². The molecule has 0 unspecified atom stereocenters. The first-order valence-corrected chi connectivity index (χ1v) is 15.4. The number of phenols is 2. The number of esters is 1. The monoisotopic (exact) mass is 651 g/mol. The maximum absolute atomic E-state index is 13.8. The highest BCUT2D eigenvalue weighted by Gasteiger charge is 2.47. The summed E-state index contributed by atoms with van der Waals surface area (Å²) in [6.07, 6.45) is 2.00. The topological polar surface area (TPSA) is 208 Å². The van der Waals surface area contributed by atoms with Gasteiger partial charge >= 0.3 is 5.97 Å². The molecule has 9 atom stereocenters. The van der Waals surface area contributed by atoms with E-state index in [0.717, 1.165) is 12.2 Å². The van der Waals surface area contributed by atoms with Crippen molar-refractivity contribution in [2.24, 2.45) is 29.6 Å². The van der Waals surface area contributed by atoms with Crippen molar-refractivity contribution >= 4 is 29.2 Å². The fraction of sp³-hybridized carbons (Fsp3) is 0.457. The Hall–Kier alpha value is -4.39. The molecule has 1 aliphatic carbocycles. The maximum atomic E-state index is 13.8. The quantitative estimate of drug-likeness (QED) is 0.225. The highest BCUT2D eigenvalue weighted by Crippen LogP contribution is 2.42. The molecule has 12 heteroatoms. The molecule has 5 aliphatic heterocycles. The van der Waals surface area contributed by atoms with E-state index in [9.17, 15) is 49.5 Å². The molecule has 47 heavy (non-hydrogen) atoms. The number of rotatable bonds is 0. The lowest BCUT2D eigenvalue weighted by Gasteiger charge is -2.42. The second-order valence-electron chi connectivity index (χ2n) is 12.9. The summed E-state index contributed by atoms with van der Waals surface area (Å²) >= 11 is 0. The summed E-state index contributed by atoms with van der Waals surface area (Å²) in [5, 5.41) is 57.6. The van der Waals surface area contributed by atoms with Crippen molar-refractivity contribution in [3.05, 3.63) is 69.5 Å². The molecule has 6 aliphatic rings. The smallest absolute Gasteiger partial charge is 0.315 e. The number of phenolic OH excluding ortho intramolecular Hbond substituents is 2. The number of allylic oxidation sites excluding steroid dienone is 5. The van der Waals surface area contributed by atoms with Gasteiger partial charge < -0.3 is 35.6 Å². The van der Waals surface area contributed by atoms with E-state index in [2.05, 4.69) is 5.32 Å². The van der Waals surface area contributed by atoms with Crippen molar-refractivity contribution in [1.29, 1.82) is 0 Å². The van der Waals surface area contributed by atoms with Gasteiger partial charge in [-0.05, 0) is 26.3 Å². The molecule has 0 spiro atoms.